The van der Waals surface area contributed by atoms with Gasteiger partial charge in [0.2, 0.25) is 0 Å². The fourth-order valence-corrected chi connectivity index (χ4v) is 3.29. The molecule has 0 aliphatic carbocycles. The number of phenols is 1. The van der Waals surface area contributed by atoms with Crippen LogP contribution in [-0.2, 0) is 0 Å². The second-order valence-corrected chi connectivity index (χ2v) is 6.84. The van der Waals surface area contributed by atoms with Crippen molar-refractivity contribution in [3.05, 3.63) is 82.6 Å². The molecular weight excluding hydrogens is 397 g/mol. The topological polar surface area (TPSA) is 75.1 Å². The third kappa shape index (κ3) is 3.63. The van der Waals surface area contributed by atoms with E-state index in [0.29, 0.717) is 22.0 Å². The summed E-state index contributed by atoms with van der Waals surface area (Å²) >= 11 is 12.1. The molecule has 138 valence electrons. The van der Waals surface area contributed by atoms with Crippen LogP contribution in [0, 0.1) is 0 Å². The van der Waals surface area contributed by atoms with Crippen LogP contribution in [0.1, 0.15) is 10.4 Å². The number of nitrogens with zero attached hydrogens (tertiary/aromatic N) is 2. The van der Waals surface area contributed by atoms with Gasteiger partial charge in [-0.2, -0.15) is 0 Å². The lowest BCUT2D eigenvalue weighted by Gasteiger charge is -2.09. The Morgan fingerprint density at radius 2 is 1.50 bits per heavy atom. The van der Waals surface area contributed by atoms with Gasteiger partial charge in [0.25, 0.3) is 5.91 Å². The Hall–Kier alpha value is -3.15. The molecule has 4 aromatic rings. The van der Waals surface area contributed by atoms with Gasteiger partial charge in [0.15, 0.2) is 10.3 Å². The number of carbonyl (C=O) groups excluding carboxylic acids is 1. The van der Waals surface area contributed by atoms with E-state index in [-0.39, 0.29) is 22.0 Å². The second kappa shape index (κ2) is 7.46. The Balaban J connectivity index is 1.63. The minimum atomic E-state index is -0.293. The summed E-state index contributed by atoms with van der Waals surface area (Å²) in [7, 11) is 0. The van der Waals surface area contributed by atoms with Crippen LogP contribution in [0.3, 0.4) is 0 Å². The molecule has 0 saturated carbocycles. The molecule has 0 radical (unpaired) electrons. The summed E-state index contributed by atoms with van der Waals surface area (Å²) in [5.41, 5.74) is 2.77. The number of carbonyl (C=O) groups is 1. The standard InChI is InChI=1S/C21H13Cl2N3O2/c22-19-17-8-7-14(11-18(17)20(23)26-25-19)21(28)24-15-5-1-3-12(9-15)13-4-2-6-16(27)10-13/h1-11,27H,(H,24,28). The van der Waals surface area contributed by atoms with Gasteiger partial charge < -0.3 is 10.4 Å². The molecule has 0 spiro atoms. The van der Waals surface area contributed by atoms with E-state index in [0.717, 1.165) is 11.1 Å². The molecule has 3 aromatic carbocycles. The number of amides is 1. The van der Waals surface area contributed by atoms with Crippen molar-refractivity contribution in [2.45, 2.75) is 0 Å². The summed E-state index contributed by atoms with van der Waals surface area (Å²) in [6, 6.07) is 19.3. The van der Waals surface area contributed by atoms with Gasteiger partial charge in [0.1, 0.15) is 5.75 Å². The summed E-state index contributed by atoms with van der Waals surface area (Å²) in [5.74, 6) is -0.110. The second-order valence-electron chi connectivity index (χ2n) is 6.13. The number of halogens is 2. The molecule has 5 nitrogen and oxygen atoms in total. The molecule has 0 fully saturated rings. The summed E-state index contributed by atoms with van der Waals surface area (Å²) in [4.78, 5) is 12.7. The predicted molar refractivity (Wildman–Crippen MR) is 111 cm³/mol. The lowest BCUT2D eigenvalue weighted by molar-refractivity contribution is 0.102. The van der Waals surface area contributed by atoms with Crippen molar-refractivity contribution in [1.29, 1.82) is 0 Å². The molecule has 7 heteroatoms. The normalized spacial score (nSPS) is 10.8. The molecule has 2 N–H and O–H groups in total. The van der Waals surface area contributed by atoms with E-state index in [1.807, 2.05) is 24.3 Å². The van der Waals surface area contributed by atoms with Crippen molar-refractivity contribution in [3.8, 4) is 16.9 Å². The smallest absolute Gasteiger partial charge is 0.255 e. The lowest BCUT2D eigenvalue weighted by atomic mass is 10.0. The average Bonchev–Trinajstić information content (AvgIpc) is 2.71. The lowest BCUT2D eigenvalue weighted by Crippen LogP contribution is -2.11. The van der Waals surface area contributed by atoms with Crippen LogP contribution in [0.25, 0.3) is 21.9 Å². The number of rotatable bonds is 3. The Morgan fingerprint density at radius 3 is 2.25 bits per heavy atom. The third-order valence-corrected chi connectivity index (χ3v) is 4.81. The number of fused-ring (bicyclic) bond motifs is 1. The van der Waals surface area contributed by atoms with Crippen molar-refractivity contribution in [3.63, 3.8) is 0 Å². The molecule has 1 heterocycles. The maximum atomic E-state index is 12.7. The van der Waals surface area contributed by atoms with E-state index in [9.17, 15) is 9.90 Å². The predicted octanol–water partition coefficient (Wildman–Crippen LogP) is 5.56. The molecule has 0 unspecified atom stereocenters. The highest BCUT2D eigenvalue weighted by molar-refractivity contribution is 6.38. The number of aromatic hydroxyl groups is 1. The fourth-order valence-electron chi connectivity index (χ4n) is 2.90. The number of hydrogen-bond acceptors (Lipinski definition) is 4. The van der Waals surface area contributed by atoms with E-state index in [1.54, 1.807) is 42.5 Å². The first-order valence-electron chi connectivity index (χ1n) is 8.33. The summed E-state index contributed by atoms with van der Waals surface area (Å²) in [6.45, 7) is 0. The van der Waals surface area contributed by atoms with Crippen molar-refractivity contribution < 1.29 is 9.90 Å². The molecule has 1 aromatic heterocycles. The number of benzene rings is 3. The number of phenolic OH excluding ortho intramolecular Hbond substituents is 1. The van der Waals surface area contributed by atoms with Crippen molar-refractivity contribution >= 4 is 45.6 Å². The molecule has 1 amide bonds. The maximum absolute atomic E-state index is 12.7. The zero-order valence-corrected chi connectivity index (χ0v) is 15.9. The molecule has 0 aliphatic heterocycles. The van der Waals surface area contributed by atoms with Crippen LogP contribution >= 0.6 is 23.2 Å². The van der Waals surface area contributed by atoms with Crippen LogP contribution in [0.4, 0.5) is 5.69 Å². The van der Waals surface area contributed by atoms with Crippen LogP contribution in [-0.4, -0.2) is 21.2 Å². The first-order valence-corrected chi connectivity index (χ1v) is 9.09. The number of aromatic nitrogens is 2. The maximum Gasteiger partial charge on any atom is 0.255 e. The average molecular weight is 410 g/mol. The van der Waals surface area contributed by atoms with Gasteiger partial charge in [-0.1, -0.05) is 53.5 Å². The van der Waals surface area contributed by atoms with E-state index < -0.39 is 0 Å². The fraction of sp³-hybridized carbons (Fsp3) is 0. The molecule has 4 rings (SSSR count). The van der Waals surface area contributed by atoms with E-state index >= 15 is 0 Å². The highest BCUT2D eigenvalue weighted by Gasteiger charge is 2.12. The van der Waals surface area contributed by atoms with Gasteiger partial charge in [0.05, 0.1) is 0 Å². The zero-order valence-electron chi connectivity index (χ0n) is 14.4. The molecule has 28 heavy (non-hydrogen) atoms. The van der Waals surface area contributed by atoms with Gasteiger partial charge in [-0.15, -0.1) is 10.2 Å². The molecule has 0 bridgehead atoms. The summed E-state index contributed by atoms with van der Waals surface area (Å²) in [5, 5.41) is 21.7. The quantitative estimate of drug-likeness (QED) is 0.464. The van der Waals surface area contributed by atoms with E-state index in [2.05, 4.69) is 15.5 Å². The Kier molecular flexibility index (Phi) is 4.86. The monoisotopic (exact) mass is 409 g/mol. The van der Waals surface area contributed by atoms with E-state index in [1.165, 1.54) is 0 Å². The summed E-state index contributed by atoms with van der Waals surface area (Å²) < 4.78 is 0. The van der Waals surface area contributed by atoms with Gasteiger partial charge in [-0.05, 0) is 47.5 Å². The van der Waals surface area contributed by atoms with Crippen molar-refractivity contribution in [2.24, 2.45) is 0 Å². The number of hydrogen-bond donors (Lipinski definition) is 2. The highest BCUT2D eigenvalue weighted by atomic mass is 35.5. The zero-order chi connectivity index (χ0) is 19.7. The largest absolute Gasteiger partial charge is 0.508 e. The molecule has 0 aliphatic rings. The number of nitrogens with one attached hydrogen (secondary N) is 1. The van der Waals surface area contributed by atoms with Crippen LogP contribution < -0.4 is 5.32 Å². The van der Waals surface area contributed by atoms with Gasteiger partial charge in [0, 0.05) is 22.0 Å². The first kappa shape index (κ1) is 18.2. The third-order valence-electron chi connectivity index (χ3n) is 4.25. The summed E-state index contributed by atoms with van der Waals surface area (Å²) in [6.07, 6.45) is 0. The van der Waals surface area contributed by atoms with Crippen LogP contribution in [0.5, 0.6) is 5.75 Å². The Morgan fingerprint density at radius 1 is 0.821 bits per heavy atom. The van der Waals surface area contributed by atoms with Crippen molar-refractivity contribution in [2.75, 3.05) is 5.32 Å². The number of anilines is 1. The molecule has 0 atom stereocenters. The first-order chi connectivity index (χ1) is 13.5. The van der Waals surface area contributed by atoms with Gasteiger partial charge in [-0.25, -0.2) is 0 Å². The molecular formula is C21H13Cl2N3O2. The van der Waals surface area contributed by atoms with E-state index in [4.69, 9.17) is 23.2 Å². The van der Waals surface area contributed by atoms with Gasteiger partial charge in [-0.3, -0.25) is 4.79 Å². The van der Waals surface area contributed by atoms with Crippen LogP contribution in [0.15, 0.2) is 66.7 Å². The molecule has 0 saturated heterocycles. The Bertz CT molecular complexity index is 1210. The van der Waals surface area contributed by atoms with Gasteiger partial charge >= 0.3 is 0 Å². The van der Waals surface area contributed by atoms with Crippen LogP contribution in [0.2, 0.25) is 10.3 Å². The minimum Gasteiger partial charge on any atom is -0.508 e. The highest BCUT2D eigenvalue weighted by Crippen LogP contribution is 2.28. The minimum absolute atomic E-state index is 0.180. The Labute approximate surface area is 170 Å². The SMILES string of the molecule is O=C(Nc1cccc(-c2cccc(O)c2)c1)c1ccc2c(Cl)nnc(Cl)c2c1. The van der Waals surface area contributed by atoms with Crippen molar-refractivity contribution in [1.82, 2.24) is 10.2 Å².